The van der Waals surface area contributed by atoms with Gasteiger partial charge in [0, 0.05) is 24.0 Å². The fraction of sp³-hybridized carbons (Fsp3) is 0.818. The summed E-state index contributed by atoms with van der Waals surface area (Å²) in [6.45, 7) is 5.12. The van der Waals surface area contributed by atoms with Gasteiger partial charge in [-0.15, -0.1) is 0 Å². The second-order valence-corrected chi connectivity index (χ2v) is 13.2. The lowest BCUT2D eigenvalue weighted by Crippen LogP contribution is -2.37. The van der Waals surface area contributed by atoms with E-state index in [0.29, 0.717) is 25.2 Å². The number of unbranched alkanes of at least 4 members (excludes halogenated alkanes) is 1. The molecule has 1 heterocycles. The number of carboxylic acids is 1. The van der Waals surface area contributed by atoms with Crippen LogP contribution in [0.25, 0.3) is 0 Å². The molecule has 1 atom stereocenters. The van der Waals surface area contributed by atoms with Gasteiger partial charge in [-0.05, 0) is 93.9 Å². The highest BCUT2D eigenvalue weighted by Gasteiger charge is 2.37. The molecule has 0 radical (unpaired) electrons. The minimum absolute atomic E-state index is 0.0900. The molecule has 0 unspecified atom stereocenters. The van der Waals surface area contributed by atoms with E-state index in [0.717, 1.165) is 69.2 Å². The van der Waals surface area contributed by atoms with E-state index in [9.17, 15) is 19.1 Å². The lowest BCUT2D eigenvalue weighted by molar-refractivity contribution is -0.139. The molecular weight excluding hydrogens is 507 g/mol. The van der Waals surface area contributed by atoms with Crippen molar-refractivity contribution in [3.05, 3.63) is 22.5 Å². The molecule has 6 nitrogen and oxygen atoms in total. The molecule has 40 heavy (non-hydrogen) atoms. The van der Waals surface area contributed by atoms with Gasteiger partial charge in [0.2, 0.25) is 0 Å². The molecule has 0 aromatic carbocycles. The van der Waals surface area contributed by atoms with Crippen molar-refractivity contribution in [3.63, 3.8) is 0 Å². The van der Waals surface area contributed by atoms with E-state index in [-0.39, 0.29) is 30.2 Å². The predicted molar refractivity (Wildman–Crippen MR) is 157 cm³/mol. The molecule has 7 heteroatoms. The van der Waals surface area contributed by atoms with Crippen molar-refractivity contribution in [2.75, 3.05) is 0 Å². The van der Waals surface area contributed by atoms with Gasteiger partial charge < -0.3 is 20.1 Å². The Balaban J connectivity index is 1.73. The van der Waals surface area contributed by atoms with Crippen molar-refractivity contribution >= 4 is 11.9 Å². The number of carboxylic acid groups (broad SMARTS) is 1. The van der Waals surface area contributed by atoms with E-state index in [1.54, 1.807) is 0 Å². The Morgan fingerprint density at radius 1 is 0.900 bits per heavy atom. The van der Waals surface area contributed by atoms with Crippen molar-refractivity contribution in [2.24, 2.45) is 0 Å². The number of hydrogen-bond donors (Lipinski definition) is 3. The standard InChI is InChI=1S/C33H53FN2O4/c1-22(2)31-30(33(40)35-26-13-7-4-8-14-26)29(23-11-5-3-6-12-23)32(24-16-18-25(34)19-17-24)36(31)20-10-9-15-27(37)21-28(38)39/h22-27,37H,3-21H2,1-2H3,(H,35,40)(H,38,39)/t24?,25?,27-/m1/s1. The van der Waals surface area contributed by atoms with Crippen LogP contribution in [0.15, 0.2) is 0 Å². The van der Waals surface area contributed by atoms with Crippen LogP contribution in [-0.2, 0) is 11.3 Å². The van der Waals surface area contributed by atoms with E-state index >= 15 is 0 Å². The number of carbonyl (C=O) groups is 2. The number of alkyl halides is 1. The molecule has 3 fully saturated rings. The second-order valence-electron chi connectivity index (χ2n) is 13.2. The van der Waals surface area contributed by atoms with Crippen molar-refractivity contribution in [2.45, 2.75) is 172 Å². The molecule has 0 saturated heterocycles. The quantitative estimate of drug-likeness (QED) is 0.228. The summed E-state index contributed by atoms with van der Waals surface area (Å²) in [5, 5.41) is 22.6. The van der Waals surface area contributed by atoms with Gasteiger partial charge >= 0.3 is 5.97 Å². The van der Waals surface area contributed by atoms with Gasteiger partial charge in [0.1, 0.15) is 6.17 Å². The minimum atomic E-state index is -0.975. The molecule has 1 aromatic rings. The number of carbonyl (C=O) groups excluding carboxylic acids is 1. The number of aromatic nitrogens is 1. The lowest BCUT2D eigenvalue weighted by Gasteiger charge is -2.31. The van der Waals surface area contributed by atoms with Gasteiger partial charge in [-0.25, -0.2) is 4.39 Å². The Bertz CT molecular complexity index is 970. The average molecular weight is 561 g/mol. The first-order chi connectivity index (χ1) is 19.3. The number of halogens is 1. The number of amides is 1. The number of aliphatic hydroxyl groups excluding tert-OH is 1. The van der Waals surface area contributed by atoms with Crippen LogP contribution in [-0.4, -0.2) is 45.0 Å². The fourth-order valence-corrected chi connectivity index (χ4v) is 7.79. The van der Waals surface area contributed by atoms with Crippen LogP contribution in [0.4, 0.5) is 4.39 Å². The molecule has 1 amide bonds. The van der Waals surface area contributed by atoms with Crippen LogP contribution in [0.5, 0.6) is 0 Å². The van der Waals surface area contributed by atoms with Gasteiger partial charge in [-0.1, -0.05) is 52.4 Å². The maximum Gasteiger partial charge on any atom is 0.305 e. The Hall–Kier alpha value is -1.89. The van der Waals surface area contributed by atoms with Gasteiger partial charge in [0.15, 0.2) is 0 Å². The third-order valence-electron chi connectivity index (χ3n) is 9.73. The summed E-state index contributed by atoms with van der Waals surface area (Å²) in [6, 6.07) is 0.241. The van der Waals surface area contributed by atoms with Crippen LogP contribution < -0.4 is 5.32 Å². The average Bonchev–Trinajstić information content (AvgIpc) is 3.28. The summed E-state index contributed by atoms with van der Waals surface area (Å²) < 4.78 is 16.7. The molecule has 226 valence electrons. The first-order valence-electron chi connectivity index (χ1n) is 16.4. The summed E-state index contributed by atoms with van der Waals surface area (Å²) in [6.07, 6.45) is 14.6. The molecular formula is C33H53FN2O4. The zero-order chi connectivity index (χ0) is 28.6. The van der Waals surface area contributed by atoms with Gasteiger partial charge in [-0.2, -0.15) is 0 Å². The Kier molecular flexibility index (Phi) is 11.5. The largest absolute Gasteiger partial charge is 0.481 e. The third kappa shape index (κ3) is 7.89. The maximum atomic E-state index is 14.3. The normalized spacial score (nSPS) is 23.8. The monoisotopic (exact) mass is 560 g/mol. The first kappa shape index (κ1) is 31.1. The predicted octanol–water partition coefficient (Wildman–Crippen LogP) is 7.72. The highest BCUT2D eigenvalue weighted by atomic mass is 19.1. The topological polar surface area (TPSA) is 91.6 Å². The number of hydrogen-bond acceptors (Lipinski definition) is 3. The van der Waals surface area contributed by atoms with Crippen molar-refractivity contribution < 1.29 is 24.2 Å². The van der Waals surface area contributed by atoms with E-state index in [1.165, 1.54) is 49.8 Å². The molecule has 0 spiro atoms. The number of aliphatic hydroxyl groups is 1. The molecule has 3 aliphatic rings. The van der Waals surface area contributed by atoms with E-state index in [1.807, 2.05) is 0 Å². The number of aliphatic carboxylic acids is 1. The summed E-state index contributed by atoms with van der Waals surface area (Å²) in [7, 11) is 0. The molecule has 3 saturated carbocycles. The Morgan fingerprint density at radius 3 is 2.12 bits per heavy atom. The van der Waals surface area contributed by atoms with Crippen molar-refractivity contribution in [3.8, 4) is 0 Å². The van der Waals surface area contributed by atoms with Crippen molar-refractivity contribution in [1.29, 1.82) is 0 Å². The molecule has 0 bridgehead atoms. The van der Waals surface area contributed by atoms with E-state index < -0.39 is 18.2 Å². The zero-order valence-corrected chi connectivity index (χ0v) is 24.9. The van der Waals surface area contributed by atoms with E-state index in [4.69, 9.17) is 5.11 Å². The van der Waals surface area contributed by atoms with Gasteiger partial charge in [-0.3, -0.25) is 9.59 Å². The Labute approximate surface area is 240 Å². The molecule has 1 aromatic heterocycles. The Morgan fingerprint density at radius 2 is 1.52 bits per heavy atom. The van der Waals surface area contributed by atoms with Gasteiger partial charge in [0.25, 0.3) is 5.91 Å². The summed E-state index contributed by atoms with van der Waals surface area (Å²) >= 11 is 0. The minimum Gasteiger partial charge on any atom is -0.481 e. The van der Waals surface area contributed by atoms with Crippen LogP contribution in [0.1, 0.15) is 174 Å². The third-order valence-corrected chi connectivity index (χ3v) is 9.73. The number of nitrogens with zero attached hydrogens (tertiary/aromatic N) is 1. The van der Waals surface area contributed by atoms with Crippen LogP contribution in [0.3, 0.4) is 0 Å². The van der Waals surface area contributed by atoms with Crippen LogP contribution >= 0.6 is 0 Å². The summed E-state index contributed by atoms with van der Waals surface area (Å²) in [5.41, 5.74) is 4.60. The molecule has 3 N–H and O–H groups in total. The maximum absolute atomic E-state index is 14.3. The summed E-state index contributed by atoms with van der Waals surface area (Å²) in [4.78, 5) is 25.2. The first-order valence-corrected chi connectivity index (χ1v) is 16.4. The second kappa shape index (κ2) is 14.8. The molecule has 3 aliphatic carbocycles. The number of rotatable bonds is 12. The summed E-state index contributed by atoms with van der Waals surface area (Å²) in [5.74, 6) is -0.0904. The number of nitrogens with one attached hydrogen (secondary N) is 1. The van der Waals surface area contributed by atoms with Gasteiger partial charge in [0.05, 0.1) is 18.1 Å². The van der Waals surface area contributed by atoms with Crippen LogP contribution in [0.2, 0.25) is 0 Å². The van der Waals surface area contributed by atoms with E-state index in [2.05, 4.69) is 23.7 Å². The zero-order valence-electron chi connectivity index (χ0n) is 24.9. The lowest BCUT2D eigenvalue weighted by atomic mass is 9.77. The van der Waals surface area contributed by atoms with Crippen LogP contribution in [0, 0.1) is 0 Å². The molecule has 4 rings (SSSR count). The fourth-order valence-electron chi connectivity index (χ4n) is 7.79. The smallest absolute Gasteiger partial charge is 0.305 e. The SMILES string of the molecule is CC(C)c1c(C(=O)NC2CCCCC2)c(C2CCCCC2)c(C2CCC(F)CC2)n1CCCC[C@@H](O)CC(=O)O. The van der Waals surface area contributed by atoms with Crippen molar-refractivity contribution in [1.82, 2.24) is 9.88 Å². The highest BCUT2D eigenvalue weighted by molar-refractivity contribution is 5.98. The highest BCUT2D eigenvalue weighted by Crippen LogP contribution is 2.47. The molecule has 0 aliphatic heterocycles.